The van der Waals surface area contributed by atoms with E-state index in [0.717, 1.165) is 52.0 Å². The lowest BCUT2D eigenvalue weighted by Crippen LogP contribution is -2.42. The van der Waals surface area contributed by atoms with Gasteiger partial charge in [-0.15, -0.1) is 0 Å². The van der Waals surface area contributed by atoms with E-state index >= 15 is 0 Å². The normalized spacial score (nSPS) is 20.3. The maximum atomic E-state index is 12.6. The third-order valence-corrected chi connectivity index (χ3v) is 5.59. The smallest absolute Gasteiger partial charge is 0.274 e. The van der Waals surface area contributed by atoms with Gasteiger partial charge in [-0.3, -0.25) is 19.4 Å². The van der Waals surface area contributed by atoms with Gasteiger partial charge < -0.3 is 4.90 Å². The predicted molar refractivity (Wildman–Crippen MR) is 92.7 cm³/mol. The van der Waals surface area contributed by atoms with Crippen molar-refractivity contribution in [3.05, 3.63) is 42.2 Å². The summed E-state index contributed by atoms with van der Waals surface area (Å²) in [5, 5.41) is 4.25. The van der Waals surface area contributed by atoms with Gasteiger partial charge in [0.1, 0.15) is 5.69 Å². The number of piperidine rings is 1. The number of aryl methyl sites for hydroxylation is 1. The first kappa shape index (κ1) is 16.2. The maximum absolute atomic E-state index is 12.6. The van der Waals surface area contributed by atoms with Crippen molar-refractivity contribution in [2.75, 3.05) is 26.2 Å². The minimum Gasteiger partial charge on any atom is -0.337 e. The summed E-state index contributed by atoms with van der Waals surface area (Å²) in [5.41, 5.74) is 2.00. The van der Waals surface area contributed by atoms with Crippen LogP contribution in [0, 0.1) is 5.41 Å². The van der Waals surface area contributed by atoms with Gasteiger partial charge in [0.05, 0.1) is 12.4 Å². The summed E-state index contributed by atoms with van der Waals surface area (Å²) in [6, 6.07) is 0. The molecule has 25 heavy (non-hydrogen) atoms. The highest BCUT2D eigenvalue weighted by Gasteiger charge is 2.42. The largest absolute Gasteiger partial charge is 0.337 e. The SMILES string of the molecule is Cn1cc(CN2CCC3(CC2)CCN(C(=O)c2cnccn2)C3)cn1. The molecule has 0 radical (unpaired) electrons. The van der Waals surface area contributed by atoms with Crippen LogP contribution in [0.4, 0.5) is 0 Å². The molecule has 2 saturated heterocycles. The Hall–Kier alpha value is -2.28. The molecule has 0 bridgehead atoms. The minimum absolute atomic E-state index is 0.0164. The molecule has 2 fully saturated rings. The first-order chi connectivity index (χ1) is 12.1. The summed E-state index contributed by atoms with van der Waals surface area (Å²) < 4.78 is 1.85. The Morgan fingerprint density at radius 1 is 1.16 bits per heavy atom. The number of carbonyl (C=O) groups is 1. The van der Waals surface area contributed by atoms with E-state index in [4.69, 9.17) is 0 Å². The fraction of sp³-hybridized carbons (Fsp3) is 0.556. The molecule has 2 aromatic rings. The van der Waals surface area contributed by atoms with Crippen LogP contribution in [0.3, 0.4) is 0 Å². The standard InChI is InChI=1S/C18H24N6O/c1-22-12-15(10-21-22)13-23-7-2-18(3-8-23)4-9-24(14-18)17(25)16-11-19-5-6-20-16/h5-6,10-12H,2-4,7-9,13-14H2,1H3. The van der Waals surface area contributed by atoms with E-state index in [1.165, 1.54) is 5.56 Å². The lowest BCUT2D eigenvalue weighted by atomic mass is 9.77. The molecule has 2 aromatic heterocycles. The van der Waals surface area contributed by atoms with Crippen LogP contribution in [0.5, 0.6) is 0 Å². The first-order valence-electron chi connectivity index (χ1n) is 8.89. The van der Waals surface area contributed by atoms with Gasteiger partial charge in [-0.05, 0) is 37.8 Å². The molecule has 132 valence electrons. The molecule has 0 aliphatic carbocycles. The van der Waals surface area contributed by atoms with Gasteiger partial charge >= 0.3 is 0 Å². The van der Waals surface area contributed by atoms with Crippen LogP contribution in [-0.4, -0.2) is 61.6 Å². The number of carbonyl (C=O) groups excluding carboxylic acids is 1. The summed E-state index contributed by atoms with van der Waals surface area (Å²) >= 11 is 0. The second-order valence-corrected chi connectivity index (χ2v) is 7.37. The van der Waals surface area contributed by atoms with E-state index in [1.807, 2.05) is 22.8 Å². The van der Waals surface area contributed by atoms with Crippen LogP contribution in [0.15, 0.2) is 31.0 Å². The summed E-state index contributed by atoms with van der Waals surface area (Å²) in [4.78, 5) is 25.2. The second-order valence-electron chi connectivity index (χ2n) is 7.37. The van der Waals surface area contributed by atoms with Gasteiger partial charge in [0.25, 0.3) is 5.91 Å². The third kappa shape index (κ3) is 3.42. The summed E-state index contributed by atoms with van der Waals surface area (Å²) in [6.07, 6.45) is 12.2. The highest BCUT2D eigenvalue weighted by Crippen LogP contribution is 2.40. The van der Waals surface area contributed by atoms with Crippen molar-refractivity contribution in [3.8, 4) is 0 Å². The fourth-order valence-corrected chi connectivity index (χ4v) is 4.09. The minimum atomic E-state index is 0.0164. The molecular weight excluding hydrogens is 316 g/mol. The van der Waals surface area contributed by atoms with Gasteiger partial charge in [-0.1, -0.05) is 0 Å². The zero-order valence-electron chi connectivity index (χ0n) is 14.6. The molecule has 0 saturated carbocycles. The van der Waals surface area contributed by atoms with Crippen molar-refractivity contribution in [3.63, 3.8) is 0 Å². The first-order valence-corrected chi connectivity index (χ1v) is 8.89. The average molecular weight is 340 g/mol. The zero-order valence-corrected chi connectivity index (χ0v) is 14.6. The monoisotopic (exact) mass is 340 g/mol. The third-order valence-electron chi connectivity index (χ3n) is 5.59. The molecule has 7 nitrogen and oxygen atoms in total. The topological polar surface area (TPSA) is 67.2 Å². The van der Waals surface area contributed by atoms with Crippen molar-refractivity contribution in [1.82, 2.24) is 29.5 Å². The van der Waals surface area contributed by atoms with E-state index in [0.29, 0.717) is 5.69 Å². The Balaban J connectivity index is 1.33. The van der Waals surface area contributed by atoms with E-state index in [9.17, 15) is 4.79 Å². The second kappa shape index (κ2) is 6.55. The molecule has 4 rings (SSSR count). The molecule has 2 aliphatic rings. The lowest BCUT2D eigenvalue weighted by molar-refractivity contribution is 0.0708. The molecular formula is C18H24N6O. The molecule has 1 amide bonds. The molecule has 0 atom stereocenters. The highest BCUT2D eigenvalue weighted by molar-refractivity contribution is 5.92. The van der Waals surface area contributed by atoms with Gasteiger partial charge in [-0.25, -0.2) is 4.98 Å². The molecule has 2 aliphatic heterocycles. The van der Waals surface area contributed by atoms with Crippen LogP contribution in [-0.2, 0) is 13.6 Å². The summed E-state index contributed by atoms with van der Waals surface area (Å²) in [6.45, 7) is 4.82. The number of hydrogen-bond donors (Lipinski definition) is 0. The van der Waals surface area contributed by atoms with E-state index < -0.39 is 0 Å². The van der Waals surface area contributed by atoms with Crippen LogP contribution < -0.4 is 0 Å². The molecule has 1 spiro atoms. The van der Waals surface area contributed by atoms with Crippen LogP contribution >= 0.6 is 0 Å². The number of likely N-dealkylation sites (tertiary alicyclic amines) is 2. The Labute approximate surface area is 147 Å². The van der Waals surface area contributed by atoms with Crippen molar-refractivity contribution in [2.45, 2.75) is 25.8 Å². The van der Waals surface area contributed by atoms with E-state index in [2.05, 4.69) is 26.2 Å². The van der Waals surface area contributed by atoms with Gasteiger partial charge in [0.2, 0.25) is 0 Å². The van der Waals surface area contributed by atoms with E-state index in [1.54, 1.807) is 18.6 Å². The Kier molecular flexibility index (Phi) is 4.25. The quantitative estimate of drug-likeness (QED) is 0.843. The molecule has 4 heterocycles. The van der Waals surface area contributed by atoms with E-state index in [-0.39, 0.29) is 11.3 Å². The zero-order chi connectivity index (χ0) is 17.3. The van der Waals surface area contributed by atoms with Gasteiger partial charge in [0.15, 0.2) is 0 Å². The Morgan fingerprint density at radius 3 is 2.64 bits per heavy atom. The predicted octanol–water partition coefficient (Wildman–Crippen LogP) is 1.34. The molecule has 7 heteroatoms. The molecule has 0 unspecified atom stereocenters. The summed E-state index contributed by atoms with van der Waals surface area (Å²) in [5.74, 6) is 0.0164. The van der Waals surface area contributed by atoms with Crippen LogP contribution in [0.1, 0.15) is 35.3 Å². The Morgan fingerprint density at radius 2 is 1.96 bits per heavy atom. The van der Waals surface area contributed by atoms with Crippen molar-refractivity contribution in [2.24, 2.45) is 12.5 Å². The molecule has 0 N–H and O–H groups in total. The number of hydrogen-bond acceptors (Lipinski definition) is 5. The van der Waals surface area contributed by atoms with Gasteiger partial charge in [-0.2, -0.15) is 5.10 Å². The van der Waals surface area contributed by atoms with Crippen LogP contribution in [0.2, 0.25) is 0 Å². The van der Waals surface area contributed by atoms with Gasteiger partial charge in [0, 0.05) is 50.8 Å². The fourth-order valence-electron chi connectivity index (χ4n) is 4.09. The maximum Gasteiger partial charge on any atom is 0.274 e. The van der Waals surface area contributed by atoms with Crippen molar-refractivity contribution >= 4 is 5.91 Å². The number of rotatable bonds is 3. The molecule has 0 aromatic carbocycles. The number of aromatic nitrogens is 4. The van der Waals surface area contributed by atoms with Crippen LogP contribution in [0.25, 0.3) is 0 Å². The average Bonchev–Trinajstić information content (AvgIpc) is 3.24. The van der Waals surface area contributed by atoms with Crippen molar-refractivity contribution < 1.29 is 4.79 Å². The summed E-state index contributed by atoms with van der Waals surface area (Å²) in [7, 11) is 1.95. The Bertz CT molecular complexity index is 735. The number of amides is 1. The number of nitrogens with zero attached hydrogens (tertiary/aromatic N) is 6. The highest BCUT2D eigenvalue weighted by atomic mass is 16.2. The van der Waals surface area contributed by atoms with Crippen molar-refractivity contribution in [1.29, 1.82) is 0 Å². The lowest BCUT2D eigenvalue weighted by Gasteiger charge is -2.39.